The molecule has 2 N–H and O–H groups in total. The molecule has 0 radical (unpaired) electrons. The summed E-state index contributed by atoms with van der Waals surface area (Å²) in [5.74, 6) is -0.362. The van der Waals surface area contributed by atoms with Gasteiger partial charge in [0.1, 0.15) is 5.56 Å². The van der Waals surface area contributed by atoms with Crippen LogP contribution in [0.25, 0.3) is 0 Å². The third-order valence-electron chi connectivity index (χ3n) is 3.93. The highest BCUT2D eigenvalue weighted by atomic mass is 35.5. The van der Waals surface area contributed by atoms with Crippen LogP contribution in [0.15, 0.2) is 23.1 Å². The molecule has 0 aliphatic carbocycles. The van der Waals surface area contributed by atoms with Gasteiger partial charge in [-0.25, -0.2) is 0 Å². The second-order valence-electron chi connectivity index (χ2n) is 5.50. The van der Waals surface area contributed by atoms with E-state index in [4.69, 9.17) is 11.6 Å². The average molecular weight is 337 g/mol. The fourth-order valence-corrected chi connectivity index (χ4v) is 2.78. The molecule has 0 saturated carbocycles. The van der Waals surface area contributed by atoms with E-state index in [9.17, 15) is 14.7 Å². The number of rotatable bonds is 3. The number of amides is 1. The van der Waals surface area contributed by atoms with Crippen molar-refractivity contribution in [1.29, 1.82) is 0 Å². The molecule has 2 aromatic rings. The molecular weight excluding hydrogens is 320 g/mol. The minimum Gasteiger partial charge on any atom is -0.387 e. The zero-order valence-electron chi connectivity index (χ0n) is 12.6. The van der Waals surface area contributed by atoms with Gasteiger partial charge in [0.25, 0.3) is 11.5 Å². The Kier molecular flexibility index (Phi) is 4.23. The van der Waals surface area contributed by atoms with E-state index in [0.717, 1.165) is 5.69 Å². The molecule has 8 heteroatoms. The third kappa shape index (κ3) is 3.02. The van der Waals surface area contributed by atoms with Crippen molar-refractivity contribution in [1.82, 2.24) is 19.7 Å². The van der Waals surface area contributed by atoms with Gasteiger partial charge in [-0.1, -0.05) is 18.5 Å². The standard InChI is InChI=1S/C15H17ClN4O3/c1-2-13(21)12-6-10-8-19(3-4-20(10)18-12)15(23)11-5-9(16)7-17-14(11)22/h5-7,13,21H,2-4,8H2,1H3,(H,17,22)/t13-/m0/s1. The Labute approximate surface area is 137 Å². The van der Waals surface area contributed by atoms with Crippen molar-refractivity contribution in [2.75, 3.05) is 6.54 Å². The predicted octanol–water partition coefficient (Wildman–Crippen LogP) is 1.32. The minimum absolute atomic E-state index is 0.0271. The Balaban J connectivity index is 1.84. The molecule has 3 heterocycles. The van der Waals surface area contributed by atoms with Crippen molar-refractivity contribution in [2.24, 2.45) is 0 Å². The van der Waals surface area contributed by atoms with Crippen LogP contribution in [0.1, 0.15) is 41.2 Å². The van der Waals surface area contributed by atoms with Crippen LogP contribution in [0.5, 0.6) is 0 Å². The number of halogens is 1. The van der Waals surface area contributed by atoms with E-state index in [0.29, 0.717) is 36.8 Å². The zero-order valence-corrected chi connectivity index (χ0v) is 13.4. The first-order chi connectivity index (χ1) is 11.0. The van der Waals surface area contributed by atoms with E-state index in [-0.39, 0.29) is 11.5 Å². The number of H-pyrrole nitrogens is 1. The van der Waals surface area contributed by atoms with Crippen LogP contribution in [0, 0.1) is 0 Å². The van der Waals surface area contributed by atoms with E-state index >= 15 is 0 Å². The van der Waals surface area contributed by atoms with Gasteiger partial charge < -0.3 is 15.0 Å². The summed E-state index contributed by atoms with van der Waals surface area (Å²) in [5, 5.41) is 14.6. The van der Waals surface area contributed by atoms with Crippen molar-refractivity contribution in [3.63, 3.8) is 0 Å². The molecule has 0 fully saturated rings. The van der Waals surface area contributed by atoms with E-state index < -0.39 is 11.7 Å². The number of hydrogen-bond acceptors (Lipinski definition) is 4. The van der Waals surface area contributed by atoms with Crippen LogP contribution in [0.2, 0.25) is 5.02 Å². The molecule has 2 aromatic heterocycles. The summed E-state index contributed by atoms with van der Waals surface area (Å²) in [4.78, 5) is 28.4. The van der Waals surface area contributed by atoms with Gasteiger partial charge in [0, 0.05) is 12.7 Å². The van der Waals surface area contributed by atoms with Crippen molar-refractivity contribution in [3.05, 3.63) is 50.7 Å². The molecule has 122 valence electrons. The van der Waals surface area contributed by atoms with Crippen molar-refractivity contribution < 1.29 is 9.90 Å². The van der Waals surface area contributed by atoms with Crippen LogP contribution >= 0.6 is 11.6 Å². The lowest BCUT2D eigenvalue weighted by atomic mass is 10.2. The van der Waals surface area contributed by atoms with Crippen molar-refractivity contribution >= 4 is 17.5 Å². The number of aromatic nitrogens is 3. The van der Waals surface area contributed by atoms with Gasteiger partial charge in [-0.3, -0.25) is 14.3 Å². The third-order valence-corrected chi connectivity index (χ3v) is 4.15. The first-order valence-corrected chi connectivity index (χ1v) is 7.79. The van der Waals surface area contributed by atoms with Crippen LogP contribution < -0.4 is 5.56 Å². The lowest BCUT2D eigenvalue weighted by Crippen LogP contribution is -2.40. The second kappa shape index (κ2) is 6.17. The summed E-state index contributed by atoms with van der Waals surface area (Å²) in [7, 11) is 0. The topological polar surface area (TPSA) is 91.2 Å². The van der Waals surface area contributed by atoms with E-state index in [2.05, 4.69) is 10.1 Å². The number of aliphatic hydroxyl groups is 1. The van der Waals surface area contributed by atoms with Crippen LogP contribution in [-0.4, -0.2) is 37.2 Å². The lowest BCUT2D eigenvalue weighted by Gasteiger charge is -2.27. The molecule has 0 spiro atoms. The first kappa shape index (κ1) is 15.8. The number of aliphatic hydroxyl groups excluding tert-OH is 1. The monoisotopic (exact) mass is 336 g/mol. The van der Waals surface area contributed by atoms with E-state index in [1.165, 1.54) is 12.3 Å². The molecule has 1 aliphatic heterocycles. The molecule has 1 aliphatic rings. The summed E-state index contributed by atoms with van der Waals surface area (Å²) in [5.41, 5.74) is 1.02. The van der Waals surface area contributed by atoms with Gasteiger partial charge in [-0.2, -0.15) is 5.10 Å². The lowest BCUT2D eigenvalue weighted by molar-refractivity contribution is 0.0704. The van der Waals surface area contributed by atoms with Crippen molar-refractivity contribution in [3.8, 4) is 0 Å². The van der Waals surface area contributed by atoms with Gasteiger partial charge >= 0.3 is 0 Å². The highest BCUT2D eigenvalue weighted by Gasteiger charge is 2.26. The van der Waals surface area contributed by atoms with E-state index in [1.54, 1.807) is 15.6 Å². The summed E-state index contributed by atoms with van der Waals surface area (Å²) < 4.78 is 1.79. The summed E-state index contributed by atoms with van der Waals surface area (Å²) in [6, 6.07) is 3.18. The molecular formula is C15H17ClN4O3. The quantitative estimate of drug-likeness (QED) is 0.884. The van der Waals surface area contributed by atoms with E-state index in [1.807, 2.05) is 6.92 Å². The molecule has 23 heavy (non-hydrogen) atoms. The maximum absolute atomic E-state index is 12.5. The van der Waals surface area contributed by atoms with Crippen LogP contribution in [0.3, 0.4) is 0 Å². The molecule has 1 amide bonds. The van der Waals surface area contributed by atoms with Gasteiger partial charge in [-0.15, -0.1) is 0 Å². The number of nitrogens with one attached hydrogen (secondary N) is 1. The SMILES string of the molecule is CC[C@H](O)c1cc2n(n1)CCN(C(=O)c1cc(Cl)c[nH]c1=O)C2. The molecule has 7 nitrogen and oxygen atoms in total. The van der Waals surface area contributed by atoms with Gasteiger partial charge in [0.2, 0.25) is 0 Å². The Morgan fingerprint density at radius 2 is 2.26 bits per heavy atom. The average Bonchev–Trinajstić information content (AvgIpc) is 2.98. The molecule has 1 atom stereocenters. The first-order valence-electron chi connectivity index (χ1n) is 7.41. The number of nitrogens with zero attached hydrogens (tertiary/aromatic N) is 3. The minimum atomic E-state index is -0.604. The maximum atomic E-state index is 12.5. The van der Waals surface area contributed by atoms with Crippen LogP contribution in [0.4, 0.5) is 0 Å². The number of fused-ring (bicyclic) bond motifs is 1. The number of pyridine rings is 1. The number of carbonyl (C=O) groups excluding carboxylic acids is 1. The number of hydrogen-bond donors (Lipinski definition) is 2. The zero-order chi connectivity index (χ0) is 16.6. The van der Waals surface area contributed by atoms with Gasteiger partial charge in [-0.05, 0) is 18.6 Å². The predicted molar refractivity (Wildman–Crippen MR) is 84.3 cm³/mol. The molecule has 0 bridgehead atoms. The summed E-state index contributed by atoms with van der Waals surface area (Å²) in [6.07, 6.45) is 1.33. The summed E-state index contributed by atoms with van der Waals surface area (Å²) in [6.45, 7) is 3.19. The summed E-state index contributed by atoms with van der Waals surface area (Å²) >= 11 is 5.85. The Morgan fingerprint density at radius 3 is 3.00 bits per heavy atom. The Morgan fingerprint density at radius 1 is 1.48 bits per heavy atom. The van der Waals surface area contributed by atoms with Crippen molar-refractivity contribution in [2.45, 2.75) is 32.5 Å². The Bertz CT molecular complexity index is 798. The molecule has 0 saturated heterocycles. The number of aromatic amines is 1. The molecule has 3 rings (SSSR count). The highest BCUT2D eigenvalue weighted by molar-refractivity contribution is 6.30. The Hall–Kier alpha value is -2.12. The molecule has 0 unspecified atom stereocenters. The van der Waals surface area contributed by atoms with Gasteiger partial charge in [0.15, 0.2) is 0 Å². The largest absolute Gasteiger partial charge is 0.387 e. The fourth-order valence-electron chi connectivity index (χ4n) is 2.62. The molecule has 0 aromatic carbocycles. The van der Waals surface area contributed by atoms with Gasteiger partial charge in [0.05, 0.1) is 35.6 Å². The van der Waals surface area contributed by atoms with Crippen LogP contribution in [-0.2, 0) is 13.1 Å². The second-order valence-corrected chi connectivity index (χ2v) is 5.93. The smallest absolute Gasteiger partial charge is 0.260 e. The maximum Gasteiger partial charge on any atom is 0.260 e. The fraction of sp³-hybridized carbons (Fsp3) is 0.400. The number of carbonyl (C=O) groups is 1. The normalized spacial score (nSPS) is 15.3. The highest BCUT2D eigenvalue weighted by Crippen LogP contribution is 2.21.